The van der Waals surface area contributed by atoms with E-state index in [0.717, 1.165) is 60.1 Å². The van der Waals surface area contributed by atoms with Gasteiger partial charge < -0.3 is 19.1 Å². The summed E-state index contributed by atoms with van der Waals surface area (Å²) in [6.45, 7) is 5.85. The van der Waals surface area contributed by atoms with Gasteiger partial charge in [-0.2, -0.15) is 0 Å². The van der Waals surface area contributed by atoms with Crippen LogP contribution in [-0.4, -0.2) is 55.7 Å². The summed E-state index contributed by atoms with van der Waals surface area (Å²) in [5.41, 5.74) is 3.75. The smallest absolute Gasteiger partial charge is 0.322 e. The van der Waals surface area contributed by atoms with Crippen molar-refractivity contribution in [3.63, 3.8) is 0 Å². The molecular weight excluding hydrogens is 504 g/mol. The fraction of sp³-hybridized carbons (Fsp3) is 0.250. The molecule has 0 atom stereocenters. The van der Waals surface area contributed by atoms with Crippen LogP contribution in [0.15, 0.2) is 96.3 Å². The Morgan fingerprint density at radius 2 is 1.38 bits per heavy atom. The van der Waals surface area contributed by atoms with Crippen molar-refractivity contribution >= 4 is 35.1 Å². The van der Waals surface area contributed by atoms with Gasteiger partial charge in [0.15, 0.2) is 5.76 Å². The van der Waals surface area contributed by atoms with Crippen molar-refractivity contribution in [1.82, 2.24) is 9.91 Å². The van der Waals surface area contributed by atoms with Crippen LogP contribution >= 0.6 is 0 Å². The van der Waals surface area contributed by atoms with E-state index in [0.29, 0.717) is 12.6 Å². The van der Waals surface area contributed by atoms with Crippen LogP contribution in [0.2, 0.25) is 0 Å². The lowest BCUT2D eigenvalue weighted by Crippen LogP contribution is -2.33. The number of benzene rings is 3. The van der Waals surface area contributed by atoms with Gasteiger partial charge in [-0.25, -0.2) is 0 Å². The maximum absolute atomic E-state index is 13.2. The zero-order chi connectivity index (χ0) is 27.9. The molecule has 0 aromatic heterocycles. The first-order valence-corrected chi connectivity index (χ1v) is 13.4. The third-order valence-corrected chi connectivity index (χ3v) is 6.87. The Morgan fingerprint density at radius 1 is 0.850 bits per heavy atom. The molecule has 5 rings (SSSR count). The molecular formula is C32H34N4O4. The molecule has 40 heavy (non-hydrogen) atoms. The Bertz CT molecular complexity index is 1330. The number of ether oxygens (including phenoxy) is 3. The van der Waals surface area contributed by atoms with Gasteiger partial charge in [-0.1, -0.05) is 18.2 Å². The van der Waals surface area contributed by atoms with Crippen molar-refractivity contribution < 1.29 is 19.0 Å². The van der Waals surface area contributed by atoms with E-state index in [-0.39, 0.29) is 11.7 Å². The molecule has 3 aromatic carbocycles. The molecule has 0 N–H and O–H groups in total. The van der Waals surface area contributed by atoms with Gasteiger partial charge in [-0.15, -0.1) is 11.7 Å². The highest BCUT2D eigenvalue weighted by Crippen LogP contribution is 2.36. The monoisotopic (exact) mass is 538 g/mol. The van der Waals surface area contributed by atoms with Gasteiger partial charge in [-0.05, 0) is 91.6 Å². The van der Waals surface area contributed by atoms with Crippen molar-refractivity contribution in [2.75, 3.05) is 38.8 Å². The van der Waals surface area contributed by atoms with E-state index in [9.17, 15) is 4.79 Å². The second kappa shape index (κ2) is 12.4. The topological polar surface area (TPSA) is 66.8 Å². The molecule has 2 saturated heterocycles. The lowest BCUT2D eigenvalue weighted by molar-refractivity contribution is -0.122. The first-order chi connectivity index (χ1) is 19.6. The van der Waals surface area contributed by atoms with E-state index in [1.54, 1.807) is 26.4 Å². The standard InChI is InChI=1S/C32H34N4O4/c1-4-20-35-31(37)30(40-32(35)33-34-21-6-5-7-22-34)23-24-8-10-25(11-9-24)36(26-12-16-28(38-2)17-13-26)27-14-18-29(39-3)19-15-27/h4,8-19,23H,1,5-7,20-22H2,2-3H3/b30-23+,33-32?. The SMILES string of the molecule is C=CCN1C(=O)/C(=C\c2ccc(N(c3ccc(OC)cc3)c3ccc(OC)cc3)cc2)OC1=NN1CCCCC1. The molecule has 206 valence electrons. The maximum atomic E-state index is 13.2. The molecule has 8 heteroatoms. The van der Waals surface area contributed by atoms with Gasteiger partial charge in [0, 0.05) is 36.7 Å². The highest BCUT2D eigenvalue weighted by Gasteiger charge is 2.35. The summed E-state index contributed by atoms with van der Waals surface area (Å²) in [6, 6.07) is 24.1. The molecule has 0 spiro atoms. The van der Waals surface area contributed by atoms with Crippen LogP contribution < -0.4 is 14.4 Å². The van der Waals surface area contributed by atoms with Gasteiger partial charge in [0.05, 0.1) is 14.2 Å². The van der Waals surface area contributed by atoms with Gasteiger partial charge >= 0.3 is 6.02 Å². The molecule has 0 unspecified atom stereocenters. The average molecular weight is 539 g/mol. The van der Waals surface area contributed by atoms with E-state index in [4.69, 9.17) is 14.2 Å². The van der Waals surface area contributed by atoms with E-state index in [2.05, 4.69) is 16.6 Å². The molecule has 2 fully saturated rings. The van der Waals surface area contributed by atoms with Crippen molar-refractivity contribution in [3.05, 3.63) is 96.8 Å². The summed E-state index contributed by atoms with van der Waals surface area (Å²) >= 11 is 0. The van der Waals surface area contributed by atoms with Crippen LogP contribution in [0, 0.1) is 0 Å². The molecule has 2 heterocycles. The molecule has 1 amide bonds. The number of methoxy groups -OCH3 is 2. The summed E-state index contributed by atoms with van der Waals surface area (Å²) in [7, 11) is 3.31. The summed E-state index contributed by atoms with van der Waals surface area (Å²) in [6.07, 6.45) is 6.81. The zero-order valence-corrected chi connectivity index (χ0v) is 23.0. The number of nitrogens with zero attached hydrogens (tertiary/aromatic N) is 4. The van der Waals surface area contributed by atoms with Crippen LogP contribution in [0.25, 0.3) is 6.08 Å². The number of carbonyl (C=O) groups is 1. The molecule has 2 aliphatic heterocycles. The molecule has 0 radical (unpaired) electrons. The van der Waals surface area contributed by atoms with E-state index in [1.165, 1.54) is 11.3 Å². The van der Waals surface area contributed by atoms with Crippen LogP contribution in [0.4, 0.5) is 17.1 Å². The first kappa shape index (κ1) is 26.9. The maximum Gasteiger partial charge on any atom is 0.322 e. The normalized spacial score (nSPS) is 17.2. The largest absolute Gasteiger partial charge is 0.497 e. The Kier molecular flexibility index (Phi) is 8.35. The summed E-state index contributed by atoms with van der Waals surface area (Å²) < 4.78 is 16.7. The fourth-order valence-corrected chi connectivity index (χ4v) is 4.75. The number of rotatable bonds is 9. The molecule has 0 saturated carbocycles. The quantitative estimate of drug-likeness (QED) is 0.235. The first-order valence-electron chi connectivity index (χ1n) is 13.4. The van der Waals surface area contributed by atoms with Crippen LogP contribution in [0.1, 0.15) is 24.8 Å². The average Bonchev–Trinajstić information content (AvgIpc) is 3.28. The number of hydrogen-bond acceptors (Lipinski definition) is 7. The minimum absolute atomic E-state index is 0.224. The van der Waals surface area contributed by atoms with Gasteiger partial charge in [0.1, 0.15) is 11.5 Å². The molecule has 2 aliphatic rings. The second-order valence-corrected chi connectivity index (χ2v) is 9.53. The minimum atomic E-state index is -0.224. The number of hydrazone groups is 1. The number of carbonyl (C=O) groups excluding carboxylic acids is 1. The number of amides is 1. The van der Waals surface area contributed by atoms with Gasteiger partial charge in [0.2, 0.25) is 0 Å². The summed E-state index contributed by atoms with van der Waals surface area (Å²) in [5.74, 6) is 1.59. The lowest BCUT2D eigenvalue weighted by atomic mass is 10.1. The third-order valence-electron chi connectivity index (χ3n) is 6.87. The Morgan fingerprint density at radius 3 is 1.88 bits per heavy atom. The van der Waals surface area contributed by atoms with Crippen molar-refractivity contribution in [1.29, 1.82) is 0 Å². The van der Waals surface area contributed by atoms with Gasteiger partial charge in [0.25, 0.3) is 5.91 Å². The minimum Gasteiger partial charge on any atom is -0.497 e. The van der Waals surface area contributed by atoms with Crippen LogP contribution in [-0.2, 0) is 9.53 Å². The lowest BCUT2D eigenvalue weighted by Gasteiger charge is -2.26. The Balaban J connectivity index is 1.42. The molecule has 0 aliphatic carbocycles. The van der Waals surface area contributed by atoms with Gasteiger partial charge in [-0.3, -0.25) is 14.7 Å². The highest BCUT2D eigenvalue weighted by atomic mass is 16.5. The number of amidine groups is 1. The third kappa shape index (κ3) is 5.96. The fourth-order valence-electron chi connectivity index (χ4n) is 4.75. The van der Waals surface area contributed by atoms with Crippen molar-refractivity contribution in [3.8, 4) is 11.5 Å². The molecule has 3 aromatic rings. The summed E-state index contributed by atoms with van der Waals surface area (Å²) in [4.78, 5) is 16.8. The highest BCUT2D eigenvalue weighted by molar-refractivity contribution is 6.11. The zero-order valence-electron chi connectivity index (χ0n) is 23.0. The Labute approximate surface area is 235 Å². The molecule has 0 bridgehead atoms. The van der Waals surface area contributed by atoms with Crippen LogP contribution in [0.3, 0.4) is 0 Å². The number of anilines is 3. The predicted molar refractivity (Wildman–Crippen MR) is 158 cm³/mol. The predicted octanol–water partition coefficient (Wildman–Crippen LogP) is 6.32. The second-order valence-electron chi connectivity index (χ2n) is 9.53. The Hall–Kier alpha value is -4.72. The van der Waals surface area contributed by atoms with E-state index >= 15 is 0 Å². The number of piperidine rings is 1. The number of hydrogen-bond donors (Lipinski definition) is 0. The van der Waals surface area contributed by atoms with E-state index in [1.807, 2.05) is 77.8 Å². The van der Waals surface area contributed by atoms with E-state index < -0.39 is 0 Å². The van der Waals surface area contributed by atoms with Crippen LogP contribution in [0.5, 0.6) is 11.5 Å². The molecule has 8 nitrogen and oxygen atoms in total. The van der Waals surface area contributed by atoms with Crippen molar-refractivity contribution in [2.45, 2.75) is 19.3 Å². The summed E-state index contributed by atoms with van der Waals surface area (Å²) in [5, 5.41) is 6.61. The van der Waals surface area contributed by atoms with Crippen molar-refractivity contribution in [2.24, 2.45) is 5.10 Å².